The Bertz CT molecular complexity index is 1580. The third kappa shape index (κ3) is 5.03. The Hall–Kier alpha value is -3.53. The molecule has 3 aliphatic heterocycles. The number of benzene rings is 3. The summed E-state index contributed by atoms with van der Waals surface area (Å²) in [7, 11) is 1.58. The lowest BCUT2D eigenvalue weighted by molar-refractivity contribution is 0.0512. The van der Waals surface area contributed by atoms with Gasteiger partial charge in [-0.2, -0.15) is 9.97 Å². The van der Waals surface area contributed by atoms with Gasteiger partial charge in [-0.3, -0.25) is 4.90 Å². The average Bonchev–Trinajstić information content (AvgIpc) is 3.48. The van der Waals surface area contributed by atoms with Crippen molar-refractivity contribution < 1.29 is 23.3 Å². The van der Waals surface area contributed by atoms with Crippen LogP contribution in [0.25, 0.3) is 32.8 Å². The first-order chi connectivity index (χ1) is 20.6. The lowest BCUT2D eigenvalue weighted by atomic mass is 9.95. The molecule has 3 aromatic carbocycles. The molecule has 4 heterocycles. The van der Waals surface area contributed by atoms with E-state index in [1.54, 1.807) is 7.11 Å². The van der Waals surface area contributed by atoms with Gasteiger partial charge in [-0.15, -0.1) is 0 Å². The third-order valence-electron chi connectivity index (χ3n) is 9.04. The lowest BCUT2D eigenvalue weighted by Crippen LogP contribution is -2.43. The summed E-state index contributed by atoms with van der Waals surface area (Å²) in [6, 6.07) is 15.7. The summed E-state index contributed by atoms with van der Waals surface area (Å²) in [5.74, 6) is 0.904. The van der Waals surface area contributed by atoms with Gasteiger partial charge < -0.3 is 23.8 Å². The fraction of sp³-hybridized carbons (Fsp3) is 0.455. The van der Waals surface area contributed by atoms with Gasteiger partial charge in [0.15, 0.2) is 12.6 Å². The second-order valence-electron chi connectivity index (χ2n) is 11.6. The maximum Gasteiger partial charge on any atom is 0.319 e. The molecule has 3 saturated heterocycles. The van der Waals surface area contributed by atoms with Crippen LogP contribution in [0.15, 0.2) is 48.5 Å². The summed E-state index contributed by atoms with van der Waals surface area (Å²) in [6.07, 6.45) is 5.47. The highest BCUT2D eigenvalue weighted by molar-refractivity contribution is 6.01. The number of aromatic nitrogens is 2. The zero-order valence-electron chi connectivity index (χ0n) is 24.1. The van der Waals surface area contributed by atoms with Crippen molar-refractivity contribution in [2.24, 2.45) is 0 Å². The average molecular weight is 573 g/mol. The smallest absolute Gasteiger partial charge is 0.319 e. The molecule has 0 N–H and O–H groups in total. The van der Waals surface area contributed by atoms with Crippen LogP contribution >= 0.6 is 0 Å². The molecule has 1 aromatic heterocycles. The van der Waals surface area contributed by atoms with Crippen LogP contribution in [-0.2, 0) is 9.47 Å². The Labute approximate surface area is 245 Å². The number of halogens is 1. The van der Waals surface area contributed by atoms with Crippen LogP contribution in [0.4, 0.5) is 10.2 Å². The minimum Gasteiger partial charge on any atom is -0.468 e. The van der Waals surface area contributed by atoms with E-state index in [0.29, 0.717) is 48.9 Å². The summed E-state index contributed by atoms with van der Waals surface area (Å²) >= 11 is 0. The van der Waals surface area contributed by atoms with Gasteiger partial charge in [-0.1, -0.05) is 30.3 Å². The molecule has 4 aromatic rings. The molecular formula is C33H37FN4O4. The molecule has 0 atom stereocenters. The first-order valence-electron chi connectivity index (χ1n) is 15.0. The molecule has 7 rings (SSSR count). The summed E-state index contributed by atoms with van der Waals surface area (Å²) in [5.41, 5.74) is 1.48. The van der Waals surface area contributed by atoms with Crippen molar-refractivity contribution in [2.75, 3.05) is 64.8 Å². The number of hydrogen-bond donors (Lipinski definition) is 0. The van der Waals surface area contributed by atoms with Crippen LogP contribution < -0.4 is 14.4 Å². The van der Waals surface area contributed by atoms with Gasteiger partial charge in [-0.25, -0.2) is 4.39 Å². The van der Waals surface area contributed by atoms with Gasteiger partial charge in [-0.05, 0) is 79.7 Å². The molecule has 0 unspecified atom stereocenters. The summed E-state index contributed by atoms with van der Waals surface area (Å²) in [6.45, 7) is 5.60. The zero-order chi connectivity index (χ0) is 28.5. The first-order valence-corrected chi connectivity index (χ1v) is 15.0. The summed E-state index contributed by atoms with van der Waals surface area (Å²) in [4.78, 5) is 14.3. The zero-order valence-corrected chi connectivity index (χ0v) is 24.1. The number of nitrogens with zero attached hydrogens (tertiary/aromatic N) is 4. The van der Waals surface area contributed by atoms with E-state index in [1.165, 1.54) is 12.8 Å². The second-order valence-corrected chi connectivity index (χ2v) is 11.6. The van der Waals surface area contributed by atoms with E-state index in [1.807, 2.05) is 48.5 Å². The maximum atomic E-state index is 16.8. The van der Waals surface area contributed by atoms with Gasteiger partial charge in [0.25, 0.3) is 0 Å². The Morgan fingerprint density at radius 3 is 2.60 bits per heavy atom. The van der Waals surface area contributed by atoms with Gasteiger partial charge in [0, 0.05) is 37.8 Å². The van der Waals surface area contributed by atoms with E-state index in [2.05, 4.69) is 9.80 Å². The van der Waals surface area contributed by atoms with Gasteiger partial charge >= 0.3 is 6.01 Å². The fourth-order valence-electron chi connectivity index (χ4n) is 6.97. The molecule has 42 heavy (non-hydrogen) atoms. The van der Waals surface area contributed by atoms with Crippen LogP contribution in [0.3, 0.4) is 0 Å². The van der Waals surface area contributed by atoms with Crippen molar-refractivity contribution in [2.45, 2.75) is 37.6 Å². The van der Waals surface area contributed by atoms with Crippen LogP contribution in [0.2, 0.25) is 0 Å². The van der Waals surface area contributed by atoms with Crippen molar-refractivity contribution >= 4 is 27.5 Å². The largest absolute Gasteiger partial charge is 0.468 e. The van der Waals surface area contributed by atoms with E-state index in [0.717, 1.165) is 55.2 Å². The maximum absolute atomic E-state index is 16.8. The molecule has 9 heteroatoms. The third-order valence-corrected chi connectivity index (χ3v) is 9.04. The quantitative estimate of drug-likeness (QED) is 0.245. The SMILES string of the molecule is COCOc1cc(-c2ccc3c(N4CCCOCC4)nc(OCC45CCCN4CCC5)nc3c2F)c2ccccc2c1. The molecule has 0 saturated carbocycles. The number of fused-ring (bicyclic) bond motifs is 3. The Balaban J connectivity index is 1.34. The Morgan fingerprint density at radius 2 is 1.74 bits per heavy atom. The normalized spacial score (nSPS) is 18.9. The molecule has 8 nitrogen and oxygen atoms in total. The molecular weight excluding hydrogens is 535 g/mol. The van der Waals surface area contributed by atoms with Crippen molar-refractivity contribution in [3.8, 4) is 22.9 Å². The number of rotatable bonds is 8. The molecule has 0 radical (unpaired) electrons. The van der Waals surface area contributed by atoms with E-state index < -0.39 is 5.82 Å². The summed E-state index contributed by atoms with van der Waals surface area (Å²) < 4.78 is 39.8. The molecule has 220 valence electrons. The highest BCUT2D eigenvalue weighted by atomic mass is 19.1. The first kappa shape index (κ1) is 27.3. The molecule has 0 aliphatic carbocycles. The van der Waals surface area contributed by atoms with Gasteiger partial charge in [0.1, 0.15) is 23.7 Å². The molecule has 3 aliphatic rings. The van der Waals surface area contributed by atoms with E-state index in [9.17, 15) is 0 Å². The number of hydrogen-bond acceptors (Lipinski definition) is 8. The van der Waals surface area contributed by atoms with Crippen molar-refractivity contribution in [3.05, 3.63) is 54.3 Å². The van der Waals surface area contributed by atoms with Gasteiger partial charge in [0.2, 0.25) is 0 Å². The van der Waals surface area contributed by atoms with Crippen LogP contribution in [0.5, 0.6) is 11.8 Å². The number of methoxy groups -OCH3 is 1. The predicted octanol–water partition coefficient (Wildman–Crippen LogP) is 5.81. The van der Waals surface area contributed by atoms with Crippen LogP contribution in [-0.4, -0.2) is 80.3 Å². The van der Waals surface area contributed by atoms with E-state index >= 15 is 4.39 Å². The number of ether oxygens (including phenoxy) is 4. The highest BCUT2D eigenvalue weighted by Crippen LogP contribution is 2.41. The molecule has 0 bridgehead atoms. The highest BCUT2D eigenvalue weighted by Gasteiger charge is 2.45. The number of anilines is 1. The molecule has 0 spiro atoms. The fourth-order valence-corrected chi connectivity index (χ4v) is 6.97. The molecule has 0 amide bonds. The minimum atomic E-state index is -0.400. The van der Waals surface area contributed by atoms with E-state index in [-0.39, 0.29) is 23.9 Å². The topological polar surface area (TPSA) is 69.2 Å². The predicted molar refractivity (Wildman–Crippen MR) is 161 cm³/mol. The standard InChI is InChI=1S/C33H37FN4O4/c1-39-22-42-24-19-23-7-2-3-8-25(23)28(20-24)26-9-10-27-30(29(26)34)35-32(36-31(27)37-13-6-17-40-18-16-37)41-21-33-11-4-14-38(33)15-5-12-33/h2-3,7-10,19-20H,4-6,11-18,21-22H2,1H3. The Morgan fingerprint density at radius 1 is 0.881 bits per heavy atom. The van der Waals surface area contributed by atoms with E-state index in [4.69, 9.17) is 28.9 Å². The monoisotopic (exact) mass is 572 g/mol. The van der Waals surface area contributed by atoms with Crippen molar-refractivity contribution in [3.63, 3.8) is 0 Å². The summed E-state index contributed by atoms with van der Waals surface area (Å²) in [5, 5.41) is 2.55. The minimum absolute atomic E-state index is 0.0386. The van der Waals surface area contributed by atoms with Crippen molar-refractivity contribution in [1.82, 2.24) is 14.9 Å². The van der Waals surface area contributed by atoms with Crippen LogP contribution in [0, 0.1) is 5.82 Å². The van der Waals surface area contributed by atoms with Crippen LogP contribution in [0.1, 0.15) is 32.1 Å². The molecule has 3 fully saturated rings. The lowest BCUT2D eigenvalue weighted by Gasteiger charge is -2.31. The Kier molecular flexibility index (Phi) is 7.56. The van der Waals surface area contributed by atoms with Crippen molar-refractivity contribution in [1.29, 1.82) is 0 Å². The van der Waals surface area contributed by atoms with Gasteiger partial charge in [0.05, 0.1) is 12.1 Å². The second kappa shape index (κ2) is 11.6.